The van der Waals surface area contributed by atoms with E-state index in [1.54, 1.807) is 48.4 Å². The van der Waals surface area contributed by atoms with Gasteiger partial charge in [0.2, 0.25) is 0 Å². The molecule has 0 radical (unpaired) electrons. The molecule has 0 aliphatic carbocycles. The van der Waals surface area contributed by atoms with E-state index >= 15 is 0 Å². The van der Waals surface area contributed by atoms with E-state index in [0.29, 0.717) is 37.7 Å². The number of hydrogen-bond acceptors (Lipinski definition) is 4. The summed E-state index contributed by atoms with van der Waals surface area (Å²) in [5, 5.41) is 0. The highest BCUT2D eigenvalue weighted by molar-refractivity contribution is 5.78. The maximum atomic E-state index is 13.5. The van der Waals surface area contributed by atoms with E-state index in [-0.39, 0.29) is 30.2 Å². The number of rotatable bonds is 7. The highest BCUT2D eigenvalue weighted by Gasteiger charge is 2.28. The van der Waals surface area contributed by atoms with Gasteiger partial charge in [-0.2, -0.15) is 0 Å². The molecule has 0 N–H and O–H groups in total. The van der Waals surface area contributed by atoms with E-state index < -0.39 is 0 Å². The Morgan fingerprint density at radius 3 is 1.85 bits per heavy atom. The summed E-state index contributed by atoms with van der Waals surface area (Å²) in [7, 11) is 1.56. The van der Waals surface area contributed by atoms with Gasteiger partial charge in [0.15, 0.2) is 18.1 Å². The first-order valence-electron chi connectivity index (χ1n) is 10.8. The zero-order valence-corrected chi connectivity index (χ0v) is 18.4. The Morgan fingerprint density at radius 1 is 0.818 bits per heavy atom. The van der Waals surface area contributed by atoms with Crippen LogP contribution in [0.25, 0.3) is 0 Å². The summed E-state index contributed by atoms with van der Waals surface area (Å²) < 4.78 is 37.9. The van der Waals surface area contributed by atoms with Crippen LogP contribution in [0.3, 0.4) is 0 Å². The van der Waals surface area contributed by atoms with Crippen molar-refractivity contribution in [2.24, 2.45) is 0 Å². The fourth-order valence-electron chi connectivity index (χ4n) is 4.10. The van der Waals surface area contributed by atoms with Gasteiger partial charge in [-0.05, 0) is 47.5 Å². The van der Waals surface area contributed by atoms with Crippen LogP contribution in [0.1, 0.15) is 17.2 Å². The number of piperazine rings is 1. The van der Waals surface area contributed by atoms with Gasteiger partial charge in [0.05, 0.1) is 13.2 Å². The number of methoxy groups -OCH3 is 1. The third kappa shape index (κ3) is 5.49. The molecule has 0 unspecified atom stereocenters. The van der Waals surface area contributed by atoms with Crippen LogP contribution >= 0.6 is 0 Å². The number of carbonyl (C=O) groups is 1. The lowest BCUT2D eigenvalue weighted by molar-refractivity contribution is -0.135. The van der Waals surface area contributed by atoms with E-state index in [9.17, 15) is 13.6 Å². The normalized spacial score (nSPS) is 14.4. The van der Waals surface area contributed by atoms with Crippen LogP contribution in [0.15, 0.2) is 72.8 Å². The SMILES string of the molecule is COc1ccccc1OCC(=O)N1CCN(C(c2ccc(F)cc2)c2ccc(F)cc2)CC1. The third-order valence-electron chi connectivity index (χ3n) is 5.82. The molecule has 3 aromatic rings. The maximum absolute atomic E-state index is 13.5. The van der Waals surface area contributed by atoms with Crippen LogP contribution in [0.2, 0.25) is 0 Å². The van der Waals surface area contributed by atoms with E-state index in [1.165, 1.54) is 24.3 Å². The van der Waals surface area contributed by atoms with Crippen LogP contribution in [0.5, 0.6) is 11.5 Å². The van der Waals surface area contributed by atoms with Crippen molar-refractivity contribution in [2.75, 3.05) is 39.9 Å². The first kappa shape index (κ1) is 22.7. The first-order valence-corrected chi connectivity index (χ1v) is 10.8. The molecule has 0 atom stereocenters. The zero-order chi connectivity index (χ0) is 23.2. The van der Waals surface area contributed by atoms with Crippen LogP contribution in [0, 0.1) is 11.6 Å². The maximum Gasteiger partial charge on any atom is 0.260 e. The summed E-state index contributed by atoms with van der Waals surface area (Å²) in [6.07, 6.45) is 0. The highest BCUT2D eigenvalue weighted by Crippen LogP contribution is 2.30. The van der Waals surface area contributed by atoms with Gasteiger partial charge >= 0.3 is 0 Å². The fraction of sp³-hybridized carbons (Fsp3) is 0.269. The highest BCUT2D eigenvalue weighted by atomic mass is 19.1. The average Bonchev–Trinajstić information content (AvgIpc) is 2.85. The average molecular weight is 453 g/mol. The monoisotopic (exact) mass is 452 g/mol. The van der Waals surface area contributed by atoms with E-state index in [1.807, 2.05) is 12.1 Å². The number of hydrogen-bond donors (Lipinski definition) is 0. The Hall–Kier alpha value is -3.45. The number of ether oxygens (including phenoxy) is 2. The summed E-state index contributed by atoms with van der Waals surface area (Å²) in [6, 6.07) is 19.8. The van der Waals surface area contributed by atoms with E-state index in [4.69, 9.17) is 9.47 Å². The van der Waals surface area contributed by atoms with E-state index in [2.05, 4.69) is 4.90 Å². The molecule has 1 saturated heterocycles. The summed E-state index contributed by atoms with van der Waals surface area (Å²) in [5.41, 5.74) is 1.84. The molecule has 33 heavy (non-hydrogen) atoms. The largest absolute Gasteiger partial charge is 0.493 e. The Bertz CT molecular complexity index is 1020. The van der Waals surface area contributed by atoms with Gasteiger partial charge in [-0.3, -0.25) is 9.69 Å². The topological polar surface area (TPSA) is 42.0 Å². The van der Waals surface area contributed by atoms with Gasteiger partial charge in [-0.25, -0.2) is 8.78 Å². The standard InChI is InChI=1S/C26H26F2N2O3/c1-32-23-4-2-3-5-24(23)33-18-25(31)29-14-16-30(17-15-29)26(19-6-10-21(27)11-7-19)20-8-12-22(28)13-9-20/h2-13,26H,14-18H2,1H3. The number of carbonyl (C=O) groups excluding carboxylic acids is 1. The minimum atomic E-state index is -0.304. The first-order chi connectivity index (χ1) is 16.0. The molecule has 1 heterocycles. The van der Waals surface area contributed by atoms with Crippen LogP contribution < -0.4 is 9.47 Å². The Kier molecular flexibility index (Phi) is 7.19. The lowest BCUT2D eigenvalue weighted by Gasteiger charge is -2.39. The molecule has 4 rings (SSSR count). The summed E-state index contributed by atoms with van der Waals surface area (Å²) in [6.45, 7) is 2.25. The molecule has 3 aromatic carbocycles. The number of halogens is 2. The molecule has 0 aromatic heterocycles. The molecular weight excluding hydrogens is 426 g/mol. The summed E-state index contributed by atoms with van der Waals surface area (Å²) >= 11 is 0. The van der Waals surface area contributed by atoms with Crippen LogP contribution in [-0.4, -0.2) is 55.6 Å². The van der Waals surface area contributed by atoms with Crippen molar-refractivity contribution in [3.63, 3.8) is 0 Å². The van der Waals surface area contributed by atoms with Crippen molar-refractivity contribution in [1.29, 1.82) is 0 Å². The Morgan fingerprint density at radius 2 is 1.33 bits per heavy atom. The molecule has 1 fully saturated rings. The van der Waals surface area contributed by atoms with Crippen molar-refractivity contribution in [1.82, 2.24) is 9.80 Å². The Balaban J connectivity index is 1.42. The molecule has 1 aliphatic rings. The van der Waals surface area contributed by atoms with Gasteiger partial charge in [0, 0.05) is 26.2 Å². The molecule has 1 amide bonds. The molecule has 0 bridgehead atoms. The van der Waals surface area contributed by atoms with Crippen molar-refractivity contribution in [2.45, 2.75) is 6.04 Å². The van der Waals surface area contributed by atoms with Crippen molar-refractivity contribution in [3.05, 3.63) is 95.6 Å². The van der Waals surface area contributed by atoms with Gasteiger partial charge in [-0.15, -0.1) is 0 Å². The molecule has 0 saturated carbocycles. The zero-order valence-electron chi connectivity index (χ0n) is 18.4. The second kappa shape index (κ2) is 10.4. The third-order valence-corrected chi connectivity index (χ3v) is 5.82. The van der Waals surface area contributed by atoms with Crippen LogP contribution in [0.4, 0.5) is 8.78 Å². The fourth-order valence-corrected chi connectivity index (χ4v) is 4.10. The van der Waals surface area contributed by atoms with Crippen LogP contribution in [-0.2, 0) is 4.79 Å². The van der Waals surface area contributed by atoms with Crippen molar-refractivity contribution < 1.29 is 23.0 Å². The van der Waals surface area contributed by atoms with Gasteiger partial charge in [-0.1, -0.05) is 36.4 Å². The number of amides is 1. The minimum Gasteiger partial charge on any atom is -0.493 e. The van der Waals surface area contributed by atoms with Crippen molar-refractivity contribution >= 4 is 5.91 Å². The predicted octanol–water partition coefficient (Wildman–Crippen LogP) is 4.29. The van der Waals surface area contributed by atoms with Gasteiger partial charge in [0.1, 0.15) is 11.6 Å². The number of benzene rings is 3. The lowest BCUT2D eigenvalue weighted by atomic mass is 9.96. The van der Waals surface area contributed by atoms with Crippen molar-refractivity contribution in [3.8, 4) is 11.5 Å². The molecule has 1 aliphatic heterocycles. The summed E-state index contributed by atoms with van der Waals surface area (Å²) in [4.78, 5) is 16.7. The lowest BCUT2D eigenvalue weighted by Crippen LogP contribution is -2.51. The second-order valence-electron chi connectivity index (χ2n) is 7.86. The quantitative estimate of drug-likeness (QED) is 0.537. The molecular formula is C26H26F2N2O3. The summed E-state index contributed by atoms with van der Waals surface area (Å²) in [5.74, 6) is 0.404. The molecule has 0 spiro atoms. The van der Waals surface area contributed by atoms with Gasteiger partial charge in [0.25, 0.3) is 5.91 Å². The van der Waals surface area contributed by atoms with Gasteiger partial charge < -0.3 is 14.4 Å². The Labute approximate surface area is 192 Å². The molecule has 5 nitrogen and oxygen atoms in total. The number of para-hydroxylation sites is 2. The minimum absolute atomic E-state index is 0.0697. The molecule has 172 valence electrons. The smallest absolute Gasteiger partial charge is 0.260 e. The number of nitrogens with zero attached hydrogens (tertiary/aromatic N) is 2. The second-order valence-corrected chi connectivity index (χ2v) is 7.86. The molecule has 7 heteroatoms. The predicted molar refractivity (Wildman–Crippen MR) is 121 cm³/mol. The van der Waals surface area contributed by atoms with E-state index in [0.717, 1.165) is 11.1 Å².